The highest BCUT2D eigenvalue weighted by Crippen LogP contribution is 2.36. The van der Waals surface area contributed by atoms with Crippen LogP contribution in [0.15, 0.2) is 0 Å². The van der Waals surface area contributed by atoms with Gasteiger partial charge in [0.15, 0.2) is 0 Å². The second-order valence-corrected chi connectivity index (χ2v) is 2.53. The molecule has 2 N–H and O–H groups in total. The molecule has 1 aliphatic rings. The predicted molar refractivity (Wildman–Crippen MR) is 38.3 cm³/mol. The van der Waals surface area contributed by atoms with Gasteiger partial charge in [-0.15, -0.1) is 12.4 Å². The van der Waals surface area contributed by atoms with E-state index >= 15 is 0 Å². The molecule has 0 bridgehead atoms. The van der Waals surface area contributed by atoms with Crippen LogP contribution >= 0.6 is 12.4 Å². The predicted octanol–water partition coefficient (Wildman–Crippen LogP) is 0.940. The van der Waals surface area contributed by atoms with Crippen LogP contribution in [0.5, 0.6) is 0 Å². The molecule has 0 aromatic rings. The summed E-state index contributed by atoms with van der Waals surface area (Å²) in [4.78, 5) is 10.4. The number of nitrogens with two attached hydrogens (primary N) is 1. The molecule has 9 heavy (non-hydrogen) atoms. The SMILES string of the molecule is CC(C(N)=O)C1CC1.Cl. The Labute approximate surface area is 61.2 Å². The molecule has 0 aromatic heterocycles. The summed E-state index contributed by atoms with van der Waals surface area (Å²) in [5, 5.41) is 0. The van der Waals surface area contributed by atoms with Crippen molar-refractivity contribution in [2.45, 2.75) is 19.8 Å². The number of primary amides is 1. The molecular formula is C6H12ClNO. The Hall–Kier alpha value is -0.240. The number of rotatable bonds is 2. The first kappa shape index (κ1) is 8.76. The van der Waals surface area contributed by atoms with Gasteiger partial charge in [-0.25, -0.2) is 0 Å². The van der Waals surface area contributed by atoms with Crippen molar-refractivity contribution in [3.63, 3.8) is 0 Å². The zero-order valence-corrected chi connectivity index (χ0v) is 6.28. The molecule has 1 atom stereocenters. The van der Waals surface area contributed by atoms with Gasteiger partial charge in [0, 0.05) is 5.92 Å². The highest BCUT2D eigenvalue weighted by atomic mass is 35.5. The summed E-state index contributed by atoms with van der Waals surface area (Å²) in [5.41, 5.74) is 5.04. The number of hydrogen-bond donors (Lipinski definition) is 1. The first-order valence-corrected chi connectivity index (χ1v) is 3.01. The second kappa shape index (κ2) is 3.06. The molecule has 0 spiro atoms. The van der Waals surface area contributed by atoms with Gasteiger partial charge in [-0.3, -0.25) is 4.79 Å². The average molecular weight is 150 g/mol. The lowest BCUT2D eigenvalue weighted by atomic mass is 10.1. The van der Waals surface area contributed by atoms with E-state index in [-0.39, 0.29) is 24.2 Å². The van der Waals surface area contributed by atoms with Crippen molar-refractivity contribution in [3.05, 3.63) is 0 Å². The maximum absolute atomic E-state index is 10.4. The van der Waals surface area contributed by atoms with Crippen LogP contribution in [0, 0.1) is 11.8 Å². The van der Waals surface area contributed by atoms with E-state index in [1.165, 1.54) is 12.8 Å². The molecule has 0 saturated heterocycles. The molecular weight excluding hydrogens is 138 g/mol. The molecule has 0 aliphatic heterocycles. The minimum Gasteiger partial charge on any atom is -0.369 e. The molecule has 0 heterocycles. The number of hydrogen-bond acceptors (Lipinski definition) is 1. The molecule has 1 rings (SSSR count). The third kappa shape index (κ3) is 2.22. The van der Waals surface area contributed by atoms with Crippen LogP contribution < -0.4 is 5.73 Å². The topological polar surface area (TPSA) is 43.1 Å². The van der Waals surface area contributed by atoms with Crippen molar-refractivity contribution in [1.82, 2.24) is 0 Å². The lowest BCUT2D eigenvalue weighted by molar-refractivity contribution is -0.121. The highest BCUT2D eigenvalue weighted by molar-refractivity contribution is 5.85. The molecule has 0 radical (unpaired) electrons. The first-order chi connectivity index (χ1) is 3.72. The molecule has 1 fully saturated rings. The Morgan fingerprint density at radius 3 is 2.22 bits per heavy atom. The Kier molecular flexibility index (Phi) is 2.98. The van der Waals surface area contributed by atoms with E-state index in [4.69, 9.17) is 5.73 Å². The van der Waals surface area contributed by atoms with E-state index in [0.717, 1.165) is 0 Å². The smallest absolute Gasteiger partial charge is 0.220 e. The zero-order valence-electron chi connectivity index (χ0n) is 5.46. The normalized spacial score (nSPS) is 20.1. The summed E-state index contributed by atoms with van der Waals surface area (Å²) in [6.45, 7) is 1.90. The summed E-state index contributed by atoms with van der Waals surface area (Å²) < 4.78 is 0. The van der Waals surface area contributed by atoms with Crippen LogP contribution in [0.2, 0.25) is 0 Å². The third-order valence-electron chi connectivity index (χ3n) is 1.78. The average Bonchev–Trinajstić information content (AvgIpc) is 2.43. The molecule has 1 aliphatic carbocycles. The van der Waals surface area contributed by atoms with Crippen molar-refractivity contribution >= 4 is 18.3 Å². The number of carbonyl (C=O) groups is 1. The van der Waals surface area contributed by atoms with E-state index in [0.29, 0.717) is 5.92 Å². The van der Waals surface area contributed by atoms with E-state index in [9.17, 15) is 4.79 Å². The minimum absolute atomic E-state index is 0. The molecule has 2 nitrogen and oxygen atoms in total. The van der Waals surface area contributed by atoms with Crippen LogP contribution in [0.1, 0.15) is 19.8 Å². The van der Waals surface area contributed by atoms with Gasteiger partial charge in [-0.05, 0) is 18.8 Å². The van der Waals surface area contributed by atoms with Crippen molar-refractivity contribution in [3.8, 4) is 0 Å². The summed E-state index contributed by atoms with van der Waals surface area (Å²) in [6, 6.07) is 0. The van der Waals surface area contributed by atoms with Gasteiger partial charge >= 0.3 is 0 Å². The fourth-order valence-corrected chi connectivity index (χ4v) is 0.829. The van der Waals surface area contributed by atoms with Crippen LogP contribution in [0.3, 0.4) is 0 Å². The van der Waals surface area contributed by atoms with Gasteiger partial charge in [0.05, 0.1) is 0 Å². The van der Waals surface area contributed by atoms with Crippen molar-refractivity contribution in [2.75, 3.05) is 0 Å². The number of carbonyl (C=O) groups excluding carboxylic acids is 1. The van der Waals surface area contributed by atoms with Crippen LogP contribution in [0.25, 0.3) is 0 Å². The van der Waals surface area contributed by atoms with E-state index in [1.54, 1.807) is 0 Å². The molecule has 1 saturated carbocycles. The van der Waals surface area contributed by atoms with Gasteiger partial charge in [-0.2, -0.15) is 0 Å². The Morgan fingerprint density at radius 1 is 1.67 bits per heavy atom. The van der Waals surface area contributed by atoms with Gasteiger partial charge in [0.25, 0.3) is 0 Å². The van der Waals surface area contributed by atoms with Crippen LogP contribution in [-0.4, -0.2) is 5.91 Å². The van der Waals surface area contributed by atoms with Gasteiger partial charge in [-0.1, -0.05) is 6.92 Å². The van der Waals surface area contributed by atoms with E-state index in [2.05, 4.69) is 0 Å². The summed E-state index contributed by atoms with van der Waals surface area (Å²) in [6.07, 6.45) is 2.40. The lowest BCUT2D eigenvalue weighted by Gasteiger charge is -2.00. The third-order valence-corrected chi connectivity index (χ3v) is 1.78. The zero-order chi connectivity index (χ0) is 6.15. The fraction of sp³-hybridized carbons (Fsp3) is 0.833. The van der Waals surface area contributed by atoms with Gasteiger partial charge in [0.1, 0.15) is 0 Å². The molecule has 1 unspecified atom stereocenters. The minimum atomic E-state index is -0.146. The standard InChI is InChI=1S/C6H11NO.ClH/c1-4(6(7)8)5-2-3-5;/h4-5H,2-3H2,1H3,(H2,7,8);1H. The maximum Gasteiger partial charge on any atom is 0.220 e. The Morgan fingerprint density at radius 2 is 2.11 bits per heavy atom. The van der Waals surface area contributed by atoms with Crippen LogP contribution in [0.4, 0.5) is 0 Å². The van der Waals surface area contributed by atoms with Gasteiger partial charge in [0.2, 0.25) is 5.91 Å². The Balaban J connectivity index is 0.000000640. The van der Waals surface area contributed by atoms with Crippen molar-refractivity contribution in [2.24, 2.45) is 17.6 Å². The maximum atomic E-state index is 10.4. The molecule has 0 aromatic carbocycles. The molecule has 3 heteroatoms. The summed E-state index contributed by atoms with van der Waals surface area (Å²) in [5.74, 6) is 0.593. The molecule has 1 amide bonds. The lowest BCUT2D eigenvalue weighted by Crippen LogP contribution is -2.21. The fourth-order valence-electron chi connectivity index (χ4n) is 0.829. The summed E-state index contributed by atoms with van der Waals surface area (Å²) >= 11 is 0. The van der Waals surface area contributed by atoms with Crippen molar-refractivity contribution in [1.29, 1.82) is 0 Å². The first-order valence-electron chi connectivity index (χ1n) is 3.01. The van der Waals surface area contributed by atoms with Crippen molar-refractivity contribution < 1.29 is 4.79 Å². The largest absolute Gasteiger partial charge is 0.369 e. The highest BCUT2D eigenvalue weighted by Gasteiger charge is 2.30. The van der Waals surface area contributed by atoms with E-state index in [1.807, 2.05) is 6.92 Å². The summed E-state index contributed by atoms with van der Waals surface area (Å²) in [7, 11) is 0. The molecule has 54 valence electrons. The second-order valence-electron chi connectivity index (χ2n) is 2.53. The number of halogens is 1. The quantitative estimate of drug-likeness (QED) is 0.624. The van der Waals surface area contributed by atoms with Gasteiger partial charge < -0.3 is 5.73 Å². The Bertz CT molecular complexity index is 112. The monoisotopic (exact) mass is 149 g/mol. The van der Waals surface area contributed by atoms with E-state index < -0.39 is 0 Å². The van der Waals surface area contributed by atoms with Crippen LogP contribution in [-0.2, 0) is 4.79 Å². The number of amides is 1.